The first-order chi connectivity index (χ1) is 12.7. The van der Waals surface area contributed by atoms with Gasteiger partial charge in [0.1, 0.15) is 0 Å². The molecule has 0 saturated carbocycles. The Morgan fingerprint density at radius 2 is 1.93 bits per heavy atom. The fourth-order valence-electron chi connectivity index (χ4n) is 2.70. The van der Waals surface area contributed by atoms with E-state index in [0.717, 1.165) is 64.0 Å². The highest BCUT2D eigenvalue weighted by molar-refractivity contribution is 5.73. The minimum Gasteiger partial charge on any atom is -0.475 e. The predicted molar refractivity (Wildman–Crippen MR) is 95.7 cm³/mol. The summed E-state index contributed by atoms with van der Waals surface area (Å²) in [7, 11) is 0. The van der Waals surface area contributed by atoms with Crippen molar-refractivity contribution in [3.63, 3.8) is 0 Å². The van der Waals surface area contributed by atoms with Crippen LogP contribution in [0.1, 0.15) is 39.0 Å². The predicted octanol–water partition coefficient (Wildman–Crippen LogP) is 2.24. The number of anilines is 1. The van der Waals surface area contributed by atoms with Gasteiger partial charge in [-0.3, -0.25) is 4.79 Å². The minimum absolute atomic E-state index is 0.0135. The molecule has 0 unspecified atom stereocenters. The molecule has 154 valence electrons. The molecule has 1 aromatic rings. The highest BCUT2D eigenvalue weighted by Crippen LogP contribution is 2.20. The van der Waals surface area contributed by atoms with E-state index < -0.39 is 12.1 Å². The normalized spacial score (nSPS) is 15.2. The number of rotatable bonds is 6. The molecule has 0 radical (unpaired) electrons. The van der Waals surface area contributed by atoms with Gasteiger partial charge in [-0.15, -0.1) is 0 Å². The van der Waals surface area contributed by atoms with Gasteiger partial charge in [0.25, 0.3) is 5.56 Å². The van der Waals surface area contributed by atoms with Crippen LogP contribution in [0, 0.1) is 5.92 Å². The van der Waals surface area contributed by atoms with Gasteiger partial charge in [0.15, 0.2) is 0 Å². The quantitative estimate of drug-likeness (QED) is 0.720. The largest absolute Gasteiger partial charge is 0.490 e. The van der Waals surface area contributed by atoms with Gasteiger partial charge in [-0.25, -0.2) is 9.48 Å². The number of carbonyl (C=O) groups is 1. The van der Waals surface area contributed by atoms with Crippen molar-refractivity contribution < 1.29 is 23.1 Å². The SMILES string of the molecule is CCCCCn1ncc(N2CCC(CN)CC2)cc1=O.O=C(O)C(F)(F)F. The Bertz CT molecular complexity index is 641. The van der Waals surface area contributed by atoms with Crippen LogP contribution in [-0.4, -0.2) is 46.7 Å². The van der Waals surface area contributed by atoms with E-state index >= 15 is 0 Å². The Morgan fingerprint density at radius 1 is 1.33 bits per heavy atom. The molecule has 0 aromatic carbocycles. The molecule has 1 aromatic heterocycles. The molecular formula is C17H27F3N4O3. The van der Waals surface area contributed by atoms with E-state index in [4.69, 9.17) is 15.6 Å². The van der Waals surface area contributed by atoms with E-state index in [1.165, 1.54) is 0 Å². The highest BCUT2D eigenvalue weighted by atomic mass is 19.4. The van der Waals surface area contributed by atoms with Crippen LogP contribution in [0.3, 0.4) is 0 Å². The summed E-state index contributed by atoms with van der Waals surface area (Å²) in [4.78, 5) is 23.2. The average Bonchev–Trinajstić information content (AvgIpc) is 2.63. The van der Waals surface area contributed by atoms with Crippen LogP contribution in [0.15, 0.2) is 17.1 Å². The summed E-state index contributed by atoms with van der Waals surface area (Å²) < 4.78 is 33.3. The van der Waals surface area contributed by atoms with Crippen molar-refractivity contribution in [3.8, 4) is 0 Å². The topological polar surface area (TPSA) is 101 Å². The van der Waals surface area contributed by atoms with E-state index in [2.05, 4.69) is 16.9 Å². The lowest BCUT2D eigenvalue weighted by Crippen LogP contribution is -2.37. The van der Waals surface area contributed by atoms with Gasteiger partial charge in [-0.1, -0.05) is 19.8 Å². The number of hydrogen-bond donors (Lipinski definition) is 2. The first kappa shape index (κ1) is 22.9. The van der Waals surface area contributed by atoms with Gasteiger partial charge >= 0.3 is 12.1 Å². The summed E-state index contributed by atoms with van der Waals surface area (Å²) >= 11 is 0. The Balaban J connectivity index is 0.000000445. The summed E-state index contributed by atoms with van der Waals surface area (Å²) in [5.74, 6) is -2.12. The van der Waals surface area contributed by atoms with E-state index in [1.807, 2.05) is 6.20 Å². The van der Waals surface area contributed by atoms with Gasteiger partial charge in [-0.05, 0) is 31.7 Å². The third-order valence-corrected chi connectivity index (χ3v) is 4.38. The van der Waals surface area contributed by atoms with Crippen LogP contribution in [0.5, 0.6) is 0 Å². The molecule has 10 heteroatoms. The second-order valence-corrected chi connectivity index (χ2v) is 6.45. The summed E-state index contributed by atoms with van der Waals surface area (Å²) in [5, 5.41) is 11.4. The molecule has 0 spiro atoms. The van der Waals surface area contributed by atoms with Crippen LogP contribution in [0.25, 0.3) is 0 Å². The number of unbranched alkanes of at least 4 members (excludes halogenated alkanes) is 2. The van der Waals surface area contributed by atoms with E-state index in [-0.39, 0.29) is 5.56 Å². The van der Waals surface area contributed by atoms with Crippen molar-refractivity contribution in [1.29, 1.82) is 0 Å². The number of hydrogen-bond acceptors (Lipinski definition) is 5. The Kier molecular flexibility index (Phi) is 9.27. The Morgan fingerprint density at radius 3 is 2.37 bits per heavy atom. The number of aryl methyl sites for hydroxylation is 1. The van der Waals surface area contributed by atoms with E-state index in [1.54, 1.807) is 10.7 Å². The molecule has 1 fully saturated rings. The van der Waals surface area contributed by atoms with Gasteiger partial charge in [-0.2, -0.15) is 18.3 Å². The fourth-order valence-corrected chi connectivity index (χ4v) is 2.70. The summed E-state index contributed by atoms with van der Waals surface area (Å²) in [6.45, 7) is 5.60. The molecule has 1 saturated heterocycles. The monoisotopic (exact) mass is 392 g/mol. The third kappa shape index (κ3) is 7.98. The smallest absolute Gasteiger partial charge is 0.475 e. The zero-order valence-corrected chi connectivity index (χ0v) is 15.4. The molecule has 1 aliphatic rings. The van der Waals surface area contributed by atoms with Gasteiger partial charge in [0, 0.05) is 25.7 Å². The zero-order chi connectivity index (χ0) is 20.4. The van der Waals surface area contributed by atoms with Crippen molar-refractivity contribution in [3.05, 3.63) is 22.6 Å². The molecule has 7 nitrogen and oxygen atoms in total. The molecule has 2 heterocycles. The third-order valence-electron chi connectivity index (χ3n) is 4.38. The van der Waals surface area contributed by atoms with Crippen molar-refractivity contribution in [2.75, 3.05) is 24.5 Å². The maximum Gasteiger partial charge on any atom is 0.490 e. The maximum atomic E-state index is 12.1. The van der Waals surface area contributed by atoms with Crippen molar-refractivity contribution in [2.45, 2.75) is 51.7 Å². The molecule has 2 rings (SSSR count). The van der Waals surface area contributed by atoms with E-state index in [0.29, 0.717) is 5.92 Å². The summed E-state index contributed by atoms with van der Waals surface area (Å²) in [6.07, 6.45) is 2.28. The molecule has 1 aliphatic heterocycles. The number of nitrogens with zero attached hydrogens (tertiary/aromatic N) is 3. The van der Waals surface area contributed by atoms with Gasteiger partial charge in [0.05, 0.1) is 11.9 Å². The second-order valence-electron chi connectivity index (χ2n) is 6.45. The van der Waals surface area contributed by atoms with Crippen LogP contribution in [0.2, 0.25) is 0 Å². The second kappa shape index (κ2) is 10.9. The molecule has 0 atom stereocenters. The van der Waals surface area contributed by atoms with Gasteiger partial charge < -0.3 is 15.7 Å². The summed E-state index contributed by atoms with van der Waals surface area (Å²) in [6, 6.07) is 1.72. The first-order valence-corrected chi connectivity index (χ1v) is 9.01. The van der Waals surface area contributed by atoms with Crippen molar-refractivity contribution in [2.24, 2.45) is 11.7 Å². The summed E-state index contributed by atoms with van der Waals surface area (Å²) in [5.41, 5.74) is 6.67. The lowest BCUT2D eigenvalue weighted by Gasteiger charge is -2.32. The van der Waals surface area contributed by atoms with Crippen molar-refractivity contribution >= 4 is 11.7 Å². The van der Waals surface area contributed by atoms with E-state index in [9.17, 15) is 18.0 Å². The minimum atomic E-state index is -5.08. The number of nitrogens with two attached hydrogens (primary N) is 1. The number of carboxylic acids is 1. The average molecular weight is 392 g/mol. The number of aromatic nitrogens is 2. The number of halogens is 3. The molecule has 27 heavy (non-hydrogen) atoms. The van der Waals surface area contributed by atoms with Crippen LogP contribution >= 0.6 is 0 Å². The van der Waals surface area contributed by atoms with Gasteiger partial charge in [0.2, 0.25) is 0 Å². The number of carboxylic acid groups (broad SMARTS) is 1. The first-order valence-electron chi connectivity index (χ1n) is 9.01. The highest BCUT2D eigenvalue weighted by Gasteiger charge is 2.38. The number of alkyl halides is 3. The Hall–Kier alpha value is -2.10. The lowest BCUT2D eigenvalue weighted by atomic mass is 9.97. The molecule has 0 amide bonds. The van der Waals surface area contributed by atoms with Crippen LogP contribution in [-0.2, 0) is 11.3 Å². The fraction of sp³-hybridized carbons (Fsp3) is 0.706. The zero-order valence-electron chi connectivity index (χ0n) is 15.4. The Labute approximate surface area is 156 Å². The van der Waals surface area contributed by atoms with Crippen molar-refractivity contribution in [1.82, 2.24) is 9.78 Å². The van der Waals surface area contributed by atoms with Crippen LogP contribution in [0.4, 0.5) is 18.9 Å². The maximum absolute atomic E-state index is 12.1. The molecule has 3 N–H and O–H groups in total. The number of aliphatic carboxylic acids is 1. The standard InChI is InChI=1S/C15H26N4O.C2HF3O2/c1-2-3-4-7-19-15(20)10-14(12-17-19)18-8-5-13(11-16)6-9-18;3-2(4,5)1(6)7/h10,12-13H,2-9,11,16H2,1H3;(H,6,7). The molecule has 0 aliphatic carbocycles. The van der Waals surface area contributed by atoms with Crippen LogP contribution < -0.4 is 16.2 Å². The molecular weight excluding hydrogens is 365 g/mol. The lowest BCUT2D eigenvalue weighted by molar-refractivity contribution is -0.192. The number of piperidine rings is 1. The molecule has 0 bridgehead atoms.